The first kappa shape index (κ1) is 19.6. The van der Waals surface area contributed by atoms with Crippen LogP contribution in [-0.2, 0) is 9.59 Å². The SMILES string of the molecule is Cc1ccc(C)c(N2N=C(C(=O)Nc3ccc(-c4coc(C)n4)cc3)CCC2=O)c1. The van der Waals surface area contributed by atoms with Crippen molar-refractivity contribution < 1.29 is 14.0 Å². The van der Waals surface area contributed by atoms with Crippen molar-refractivity contribution in [3.63, 3.8) is 0 Å². The lowest BCUT2D eigenvalue weighted by atomic mass is 10.1. The highest BCUT2D eigenvalue weighted by Crippen LogP contribution is 2.26. The molecule has 0 radical (unpaired) electrons. The number of benzene rings is 2. The Morgan fingerprint density at radius 2 is 1.83 bits per heavy atom. The fraction of sp³-hybridized carbons (Fsp3) is 0.217. The molecule has 7 nitrogen and oxygen atoms in total. The lowest BCUT2D eigenvalue weighted by Gasteiger charge is -2.24. The number of hydrogen-bond acceptors (Lipinski definition) is 5. The number of rotatable bonds is 4. The Morgan fingerprint density at radius 1 is 1.07 bits per heavy atom. The van der Waals surface area contributed by atoms with Crippen LogP contribution in [0.4, 0.5) is 11.4 Å². The molecule has 152 valence electrons. The van der Waals surface area contributed by atoms with Gasteiger partial charge in [0, 0.05) is 31.0 Å². The highest BCUT2D eigenvalue weighted by Gasteiger charge is 2.26. The fourth-order valence-electron chi connectivity index (χ4n) is 3.28. The van der Waals surface area contributed by atoms with Crippen LogP contribution in [0, 0.1) is 20.8 Å². The van der Waals surface area contributed by atoms with Gasteiger partial charge in [-0.15, -0.1) is 0 Å². The number of oxazole rings is 1. The number of aromatic nitrogens is 1. The molecule has 0 saturated heterocycles. The average molecular weight is 402 g/mol. The van der Waals surface area contributed by atoms with E-state index < -0.39 is 0 Å². The van der Waals surface area contributed by atoms with Crippen LogP contribution >= 0.6 is 0 Å². The van der Waals surface area contributed by atoms with Crippen LogP contribution in [0.2, 0.25) is 0 Å². The van der Waals surface area contributed by atoms with Crippen molar-refractivity contribution in [1.29, 1.82) is 0 Å². The van der Waals surface area contributed by atoms with Gasteiger partial charge in [0.1, 0.15) is 17.7 Å². The molecule has 0 fully saturated rings. The largest absolute Gasteiger partial charge is 0.449 e. The number of carbonyl (C=O) groups is 2. The molecule has 3 aromatic rings. The summed E-state index contributed by atoms with van der Waals surface area (Å²) in [5.41, 5.74) is 5.26. The molecular formula is C23H22N4O3. The summed E-state index contributed by atoms with van der Waals surface area (Å²) in [6.07, 6.45) is 2.14. The molecule has 0 unspecified atom stereocenters. The second-order valence-electron chi connectivity index (χ2n) is 7.33. The molecule has 2 aromatic carbocycles. The van der Waals surface area contributed by atoms with Crippen molar-refractivity contribution in [3.05, 3.63) is 65.7 Å². The molecule has 2 heterocycles. The van der Waals surface area contributed by atoms with Crippen molar-refractivity contribution in [2.24, 2.45) is 5.10 Å². The number of amides is 2. The normalized spacial score (nSPS) is 13.9. The van der Waals surface area contributed by atoms with Gasteiger partial charge in [0.05, 0.1) is 5.69 Å². The molecule has 0 aliphatic carbocycles. The van der Waals surface area contributed by atoms with E-state index in [4.69, 9.17) is 4.42 Å². The van der Waals surface area contributed by atoms with E-state index in [0.717, 1.165) is 22.4 Å². The van der Waals surface area contributed by atoms with Gasteiger partial charge >= 0.3 is 0 Å². The highest BCUT2D eigenvalue weighted by molar-refractivity contribution is 6.44. The second kappa shape index (κ2) is 7.94. The van der Waals surface area contributed by atoms with E-state index >= 15 is 0 Å². The fourth-order valence-corrected chi connectivity index (χ4v) is 3.28. The van der Waals surface area contributed by atoms with Crippen LogP contribution in [0.3, 0.4) is 0 Å². The second-order valence-corrected chi connectivity index (χ2v) is 7.33. The summed E-state index contributed by atoms with van der Waals surface area (Å²) in [6.45, 7) is 5.66. The van der Waals surface area contributed by atoms with Crippen molar-refractivity contribution in [1.82, 2.24) is 4.98 Å². The van der Waals surface area contributed by atoms with Crippen LogP contribution in [0.15, 0.2) is 58.2 Å². The molecule has 30 heavy (non-hydrogen) atoms. The Morgan fingerprint density at radius 3 is 2.53 bits per heavy atom. The van der Waals surface area contributed by atoms with E-state index in [9.17, 15) is 9.59 Å². The van der Waals surface area contributed by atoms with Gasteiger partial charge in [-0.25, -0.2) is 9.99 Å². The minimum atomic E-state index is -0.317. The summed E-state index contributed by atoms with van der Waals surface area (Å²) in [6, 6.07) is 13.2. The van der Waals surface area contributed by atoms with Gasteiger partial charge in [0.2, 0.25) is 5.91 Å². The van der Waals surface area contributed by atoms with Gasteiger partial charge in [0.25, 0.3) is 5.91 Å². The molecule has 0 atom stereocenters. The molecule has 2 amide bonds. The number of aryl methyl sites for hydroxylation is 3. The number of anilines is 2. The van der Waals surface area contributed by atoms with Gasteiger partial charge in [-0.1, -0.05) is 24.3 Å². The summed E-state index contributed by atoms with van der Waals surface area (Å²) in [5, 5.41) is 8.57. The van der Waals surface area contributed by atoms with Crippen LogP contribution in [0.5, 0.6) is 0 Å². The third-order valence-corrected chi connectivity index (χ3v) is 4.95. The number of nitrogens with one attached hydrogen (secondary N) is 1. The van der Waals surface area contributed by atoms with Gasteiger partial charge < -0.3 is 9.73 Å². The zero-order valence-corrected chi connectivity index (χ0v) is 17.1. The maximum atomic E-state index is 12.8. The number of carbonyl (C=O) groups excluding carboxylic acids is 2. The number of hydrogen-bond donors (Lipinski definition) is 1. The predicted octanol–water partition coefficient (Wildman–Crippen LogP) is 4.39. The van der Waals surface area contributed by atoms with Crippen LogP contribution in [0.25, 0.3) is 11.3 Å². The molecule has 1 aliphatic rings. The summed E-state index contributed by atoms with van der Waals surface area (Å²) in [4.78, 5) is 29.5. The molecule has 1 aliphatic heterocycles. The zero-order chi connectivity index (χ0) is 21.3. The summed E-state index contributed by atoms with van der Waals surface area (Å²) in [5.74, 6) is 0.163. The monoisotopic (exact) mass is 402 g/mol. The minimum Gasteiger partial charge on any atom is -0.449 e. The van der Waals surface area contributed by atoms with Gasteiger partial charge in [0.15, 0.2) is 5.89 Å². The van der Waals surface area contributed by atoms with Gasteiger partial charge in [-0.05, 0) is 43.2 Å². The summed E-state index contributed by atoms with van der Waals surface area (Å²) >= 11 is 0. The molecule has 0 spiro atoms. The Hall–Kier alpha value is -3.74. The summed E-state index contributed by atoms with van der Waals surface area (Å²) < 4.78 is 5.24. The molecule has 4 rings (SSSR count). The molecule has 0 saturated carbocycles. The molecule has 1 N–H and O–H groups in total. The van der Waals surface area contributed by atoms with Gasteiger partial charge in [-0.3, -0.25) is 9.59 Å². The lowest BCUT2D eigenvalue weighted by Crippen LogP contribution is -2.36. The first-order valence-electron chi connectivity index (χ1n) is 9.72. The van der Waals surface area contributed by atoms with E-state index in [1.54, 1.807) is 25.3 Å². The maximum Gasteiger partial charge on any atom is 0.271 e. The topological polar surface area (TPSA) is 87.8 Å². The number of nitrogens with zero attached hydrogens (tertiary/aromatic N) is 3. The molecule has 7 heteroatoms. The Balaban J connectivity index is 1.52. The molecular weight excluding hydrogens is 380 g/mol. The standard InChI is InChI=1S/C23H22N4O3/c1-14-4-5-15(2)21(12-14)27-22(28)11-10-19(26-27)23(29)25-18-8-6-17(7-9-18)20-13-30-16(3)24-20/h4-9,12-13H,10-11H2,1-3H3,(H,25,29). The van der Waals surface area contributed by atoms with E-state index in [1.807, 2.05) is 44.2 Å². The maximum absolute atomic E-state index is 12.8. The van der Waals surface area contributed by atoms with Crippen molar-refractivity contribution in [3.8, 4) is 11.3 Å². The Kier molecular flexibility index (Phi) is 5.18. The van der Waals surface area contributed by atoms with Crippen molar-refractivity contribution in [2.75, 3.05) is 10.3 Å². The van der Waals surface area contributed by atoms with Crippen molar-refractivity contribution >= 4 is 28.9 Å². The number of hydrazone groups is 1. The van der Waals surface area contributed by atoms with Crippen LogP contribution in [0.1, 0.15) is 29.9 Å². The molecule has 1 aromatic heterocycles. The Bertz CT molecular complexity index is 1150. The summed E-state index contributed by atoms with van der Waals surface area (Å²) in [7, 11) is 0. The third-order valence-electron chi connectivity index (χ3n) is 4.95. The average Bonchev–Trinajstić information content (AvgIpc) is 3.17. The Labute approximate surface area is 174 Å². The van der Waals surface area contributed by atoms with Crippen LogP contribution in [-0.4, -0.2) is 22.5 Å². The van der Waals surface area contributed by atoms with Crippen LogP contribution < -0.4 is 10.3 Å². The first-order chi connectivity index (χ1) is 14.4. The lowest BCUT2D eigenvalue weighted by molar-refractivity contribution is -0.118. The van der Waals surface area contributed by atoms with E-state index in [-0.39, 0.29) is 18.2 Å². The first-order valence-corrected chi connectivity index (χ1v) is 9.72. The van der Waals surface area contributed by atoms with Crippen molar-refractivity contribution in [2.45, 2.75) is 33.6 Å². The van der Waals surface area contributed by atoms with Gasteiger partial charge in [-0.2, -0.15) is 5.10 Å². The van der Waals surface area contributed by atoms with E-state index in [0.29, 0.717) is 29.4 Å². The zero-order valence-electron chi connectivity index (χ0n) is 17.1. The third kappa shape index (κ3) is 4.00. The quantitative estimate of drug-likeness (QED) is 0.701. The highest BCUT2D eigenvalue weighted by atomic mass is 16.3. The van der Waals surface area contributed by atoms with E-state index in [1.165, 1.54) is 5.01 Å². The minimum absolute atomic E-state index is 0.118. The predicted molar refractivity (Wildman–Crippen MR) is 115 cm³/mol. The van der Waals surface area contributed by atoms with E-state index in [2.05, 4.69) is 15.4 Å². The smallest absolute Gasteiger partial charge is 0.271 e. The molecule has 0 bridgehead atoms.